The fraction of sp³-hybridized carbons (Fsp3) is 0.356. The fourth-order valence-electron chi connectivity index (χ4n) is 8.13. The zero-order valence-corrected chi connectivity index (χ0v) is 34.3. The summed E-state index contributed by atoms with van der Waals surface area (Å²) in [7, 11) is -3.11. The number of H-pyrrole nitrogens is 1. The Kier molecular flexibility index (Phi) is 11.6. The summed E-state index contributed by atoms with van der Waals surface area (Å²) in [6, 6.07) is 38.8. The molecular weight excluding hydrogens is 739 g/mol. The third-order valence-corrected chi connectivity index (χ3v) is 15.8. The Morgan fingerprint density at radius 1 is 0.860 bits per heavy atom. The first kappa shape index (κ1) is 40.3. The van der Waals surface area contributed by atoms with Gasteiger partial charge in [0.05, 0.1) is 18.2 Å². The maximum atomic E-state index is 14.0. The first-order valence-electron chi connectivity index (χ1n) is 19.4. The molecule has 0 amide bonds. The van der Waals surface area contributed by atoms with Crippen molar-refractivity contribution in [3.63, 3.8) is 0 Å². The van der Waals surface area contributed by atoms with E-state index in [1.807, 2.05) is 91.7 Å². The molecule has 0 bridgehead atoms. The number of nitrogens with one attached hydrogen (secondary N) is 1. The number of carbonyl (C=O) groups is 1. The van der Waals surface area contributed by atoms with Crippen LogP contribution in [0.15, 0.2) is 137 Å². The van der Waals surface area contributed by atoms with Gasteiger partial charge in [0.15, 0.2) is 18.1 Å². The summed E-state index contributed by atoms with van der Waals surface area (Å²) in [5.74, 6) is -1.61. The van der Waals surface area contributed by atoms with Crippen LogP contribution in [-0.2, 0) is 30.0 Å². The van der Waals surface area contributed by atoms with Gasteiger partial charge in [0.2, 0.25) is 0 Å². The van der Waals surface area contributed by atoms with E-state index in [4.69, 9.17) is 23.5 Å². The van der Waals surface area contributed by atoms with Gasteiger partial charge >= 0.3 is 11.7 Å². The lowest BCUT2D eigenvalue weighted by Gasteiger charge is -2.44. The highest BCUT2D eigenvalue weighted by molar-refractivity contribution is 6.99. The van der Waals surface area contributed by atoms with E-state index >= 15 is 0 Å². The van der Waals surface area contributed by atoms with E-state index in [0.29, 0.717) is 24.1 Å². The molecule has 5 aromatic rings. The monoisotopic (exact) mass is 789 g/mol. The molecule has 0 unspecified atom stereocenters. The number of aromatic amines is 1. The standard InChI is InChI=1S/C45H51N3O8Si/c1-31-28-47(43(51)46-41(31)49)38-27-36(48(56-38)29-32-19-11-7-12-20-32)39-40(55-45(5,6)54-39)37(53-42(50)33-21-13-8-14-22-33)30-52-57(44(2,3)4,34-23-15-9-16-24-34)35-25-17-10-18-26-35/h7-26,28,36-40H,27,29-30H2,1-6H3,(H,46,49,51)/t36-,37+,38+,39-,40-/m0/s1. The molecule has 0 radical (unpaired) electrons. The number of carbonyl (C=O) groups excluding carboxylic acids is 1. The van der Waals surface area contributed by atoms with Crippen LogP contribution in [0.1, 0.15) is 68.8 Å². The number of hydrogen-bond acceptors (Lipinski definition) is 9. The summed E-state index contributed by atoms with van der Waals surface area (Å²) in [5, 5.41) is 3.63. The maximum absolute atomic E-state index is 14.0. The third-order valence-electron chi connectivity index (χ3n) is 10.8. The van der Waals surface area contributed by atoms with Crippen LogP contribution in [-0.4, -0.2) is 65.6 Å². The predicted octanol–water partition coefficient (Wildman–Crippen LogP) is 5.87. The molecule has 1 N–H and O–H groups in total. The Labute approximate surface area is 334 Å². The zero-order valence-electron chi connectivity index (χ0n) is 33.3. The van der Waals surface area contributed by atoms with Crippen LogP contribution in [0.4, 0.5) is 0 Å². The van der Waals surface area contributed by atoms with Crippen molar-refractivity contribution >= 4 is 24.7 Å². The van der Waals surface area contributed by atoms with Gasteiger partial charge in [-0.15, -0.1) is 0 Å². The van der Waals surface area contributed by atoms with Crippen molar-refractivity contribution in [3.8, 4) is 0 Å². The van der Waals surface area contributed by atoms with Gasteiger partial charge in [0.1, 0.15) is 12.2 Å². The fourth-order valence-corrected chi connectivity index (χ4v) is 12.7. The molecule has 2 fully saturated rings. The molecule has 2 aliphatic heterocycles. The molecule has 7 rings (SSSR count). The van der Waals surface area contributed by atoms with Crippen LogP contribution < -0.4 is 21.6 Å². The van der Waals surface area contributed by atoms with Crippen LogP contribution in [0.2, 0.25) is 5.04 Å². The van der Waals surface area contributed by atoms with Crippen molar-refractivity contribution in [1.29, 1.82) is 0 Å². The molecule has 2 aliphatic rings. The van der Waals surface area contributed by atoms with Crippen LogP contribution in [0.3, 0.4) is 0 Å². The van der Waals surface area contributed by atoms with Crippen LogP contribution in [0.25, 0.3) is 0 Å². The highest BCUT2D eigenvalue weighted by Crippen LogP contribution is 2.42. The second kappa shape index (κ2) is 16.5. The number of esters is 1. The molecule has 57 heavy (non-hydrogen) atoms. The van der Waals surface area contributed by atoms with E-state index in [1.54, 1.807) is 31.2 Å². The number of aryl methyl sites for hydroxylation is 1. The van der Waals surface area contributed by atoms with Gasteiger partial charge in [0.25, 0.3) is 13.9 Å². The van der Waals surface area contributed by atoms with E-state index in [0.717, 1.165) is 15.9 Å². The van der Waals surface area contributed by atoms with Gasteiger partial charge in [-0.25, -0.2) is 9.59 Å². The van der Waals surface area contributed by atoms with E-state index in [1.165, 1.54) is 10.8 Å². The van der Waals surface area contributed by atoms with Crippen LogP contribution >= 0.6 is 0 Å². The average Bonchev–Trinajstić information content (AvgIpc) is 3.76. The second-order valence-electron chi connectivity index (χ2n) is 16.3. The minimum atomic E-state index is -3.11. The molecule has 3 heterocycles. The van der Waals surface area contributed by atoms with Crippen molar-refractivity contribution in [2.24, 2.45) is 0 Å². The van der Waals surface area contributed by atoms with Gasteiger partial charge in [-0.3, -0.25) is 19.2 Å². The van der Waals surface area contributed by atoms with E-state index < -0.39 is 61.9 Å². The van der Waals surface area contributed by atoms with Crippen molar-refractivity contribution in [2.45, 2.75) is 95.9 Å². The lowest BCUT2D eigenvalue weighted by molar-refractivity contribution is -0.209. The lowest BCUT2D eigenvalue weighted by atomic mass is 9.98. The van der Waals surface area contributed by atoms with Gasteiger partial charge in [-0.1, -0.05) is 130 Å². The molecule has 0 spiro atoms. The summed E-state index contributed by atoms with van der Waals surface area (Å²) >= 11 is 0. The van der Waals surface area contributed by atoms with Crippen molar-refractivity contribution < 1.29 is 28.3 Å². The van der Waals surface area contributed by atoms with Crippen LogP contribution in [0.5, 0.6) is 0 Å². The average molecular weight is 790 g/mol. The summed E-state index contributed by atoms with van der Waals surface area (Å²) in [4.78, 5) is 48.5. The van der Waals surface area contributed by atoms with Crippen LogP contribution in [0, 0.1) is 6.92 Å². The molecule has 11 nitrogen and oxygen atoms in total. The summed E-state index contributed by atoms with van der Waals surface area (Å²) in [6.45, 7) is 12.3. The lowest BCUT2D eigenvalue weighted by Crippen LogP contribution is -2.67. The number of aromatic nitrogens is 2. The number of rotatable bonds is 12. The Morgan fingerprint density at radius 3 is 2.00 bits per heavy atom. The predicted molar refractivity (Wildman–Crippen MR) is 220 cm³/mol. The molecule has 1 aromatic heterocycles. The molecule has 298 valence electrons. The SMILES string of the molecule is Cc1cn([C@H]2C[C@@H]([C@@H]3OC(C)(C)O[C@H]3[C@@H](CO[Si](c3ccccc3)(c3ccccc3)C(C)(C)C)OC(=O)c3ccccc3)N(Cc3ccccc3)O2)c(=O)[nH]c1=O. The van der Waals surface area contributed by atoms with E-state index in [-0.39, 0.29) is 11.6 Å². The molecular formula is C45H51N3O8Si. The summed E-state index contributed by atoms with van der Waals surface area (Å²) < 4.78 is 28.9. The minimum absolute atomic E-state index is 0.000721. The maximum Gasteiger partial charge on any atom is 0.338 e. The number of nitrogens with zero attached hydrogens (tertiary/aromatic N) is 2. The number of hydrogen-bond donors (Lipinski definition) is 1. The Balaban J connectivity index is 1.31. The van der Waals surface area contributed by atoms with Gasteiger partial charge in [0, 0.05) is 24.7 Å². The molecule has 12 heteroatoms. The van der Waals surface area contributed by atoms with Gasteiger partial charge in [-0.05, 0) is 53.9 Å². The molecule has 2 saturated heterocycles. The zero-order chi connectivity index (χ0) is 40.4. The highest BCUT2D eigenvalue weighted by Gasteiger charge is 2.56. The minimum Gasteiger partial charge on any atom is -0.453 e. The largest absolute Gasteiger partial charge is 0.453 e. The Morgan fingerprint density at radius 2 is 1.42 bits per heavy atom. The molecule has 5 atom stereocenters. The quantitative estimate of drug-likeness (QED) is 0.122. The van der Waals surface area contributed by atoms with Crippen molar-refractivity contribution in [1.82, 2.24) is 14.6 Å². The molecule has 0 saturated carbocycles. The van der Waals surface area contributed by atoms with Crippen molar-refractivity contribution in [2.75, 3.05) is 6.61 Å². The van der Waals surface area contributed by atoms with E-state index in [2.05, 4.69) is 50.0 Å². The van der Waals surface area contributed by atoms with E-state index in [9.17, 15) is 14.4 Å². The van der Waals surface area contributed by atoms with Gasteiger partial charge in [-0.2, -0.15) is 5.06 Å². The Bertz CT molecular complexity index is 2200. The normalized spacial score (nSPS) is 21.6. The number of ether oxygens (including phenoxy) is 3. The number of hydroxylamine groups is 2. The number of benzene rings is 4. The smallest absolute Gasteiger partial charge is 0.338 e. The highest BCUT2D eigenvalue weighted by atomic mass is 28.4. The van der Waals surface area contributed by atoms with Gasteiger partial charge < -0.3 is 18.6 Å². The first-order chi connectivity index (χ1) is 27.3. The van der Waals surface area contributed by atoms with Crippen molar-refractivity contribution in [3.05, 3.63) is 165 Å². The topological polar surface area (TPSA) is 121 Å². The second-order valence-corrected chi connectivity index (χ2v) is 20.6. The summed E-state index contributed by atoms with van der Waals surface area (Å²) in [6.07, 6.45) is -1.44. The summed E-state index contributed by atoms with van der Waals surface area (Å²) in [5.41, 5.74) is 0.717. The molecule has 0 aliphatic carbocycles. The first-order valence-corrected chi connectivity index (χ1v) is 21.3. The Hall–Kier alpha value is -4.95. The third kappa shape index (κ3) is 8.52. The molecule has 4 aromatic carbocycles.